The van der Waals surface area contributed by atoms with Gasteiger partial charge in [0.05, 0.1) is 17.9 Å². The third-order valence-corrected chi connectivity index (χ3v) is 1.88. The maximum absolute atomic E-state index is 12.6. The van der Waals surface area contributed by atoms with Crippen LogP contribution in [0.2, 0.25) is 0 Å². The number of aromatic nitrogens is 1. The first-order chi connectivity index (χ1) is 8.78. The zero-order valence-electron chi connectivity index (χ0n) is 9.62. The first kappa shape index (κ1) is 15.0. The molecule has 0 saturated heterocycles. The van der Waals surface area contributed by atoms with Gasteiger partial charge < -0.3 is 14.6 Å². The molecule has 106 valence electrons. The topological polar surface area (TPSA) is 68.7 Å². The summed E-state index contributed by atoms with van der Waals surface area (Å²) in [6.45, 7) is 0.149. The lowest BCUT2D eigenvalue weighted by molar-refractivity contribution is -0.276. The molecule has 5 nitrogen and oxygen atoms in total. The summed E-state index contributed by atoms with van der Waals surface area (Å²) in [5.74, 6) is -3.28. The Morgan fingerprint density at radius 3 is 2.58 bits per heavy atom. The standard InChI is InChI=1S/C10H9F4NO4/c1-2-18-9(17)5-3-7(16)8(15-6(5)4-11)19-10(12,13)14/h3,16H,2,4H2,1H3. The van der Waals surface area contributed by atoms with Gasteiger partial charge in [-0.05, 0) is 6.92 Å². The van der Waals surface area contributed by atoms with Crippen LogP contribution in [0, 0.1) is 0 Å². The summed E-state index contributed by atoms with van der Waals surface area (Å²) in [5, 5.41) is 9.27. The minimum absolute atomic E-state index is 0.0217. The van der Waals surface area contributed by atoms with E-state index in [-0.39, 0.29) is 6.61 Å². The molecular formula is C10H9F4NO4. The van der Waals surface area contributed by atoms with Gasteiger partial charge in [-0.2, -0.15) is 0 Å². The lowest BCUT2D eigenvalue weighted by atomic mass is 10.2. The summed E-state index contributed by atoms with van der Waals surface area (Å²) >= 11 is 0. The van der Waals surface area contributed by atoms with Gasteiger partial charge in [-0.25, -0.2) is 14.2 Å². The molecule has 1 rings (SSSR count). The van der Waals surface area contributed by atoms with Crippen molar-refractivity contribution in [2.24, 2.45) is 0 Å². The van der Waals surface area contributed by atoms with E-state index in [0.717, 1.165) is 0 Å². The molecule has 0 aromatic carbocycles. The fourth-order valence-corrected chi connectivity index (χ4v) is 1.19. The molecule has 0 radical (unpaired) electrons. The fraction of sp³-hybridized carbons (Fsp3) is 0.400. The highest BCUT2D eigenvalue weighted by atomic mass is 19.4. The molecule has 0 amide bonds. The third-order valence-electron chi connectivity index (χ3n) is 1.88. The van der Waals surface area contributed by atoms with Crippen LogP contribution in [-0.2, 0) is 11.4 Å². The predicted molar refractivity (Wildman–Crippen MR) is 53.4 cm³/mol. The van der Waals surface area contributed by atoms with E-state index in [1.54, 1.807) is 0 Å². The number of halogens is 4. The average molecular weight is 283 g/mol. The smallest absolute Gasteiger partial charge is 0.503 e. The molecule has 1 aromatic heterocycles. The van der Waals surface area contributed by atoms with E-state index in [0.29, 0.717) is 6.07 Å². The van der Waals surface area contributed by atoms with Gasteiger partial charge in [0, 0.05) is 6.07 Å². The van der Waals surface area contributed by atoms with Gasteiger partial charge in [0.15, 0.2) is 5.75 Å². The van der Waals surface area contributed by atoms with Crippen LogP contribution < -0.4 is 4.74 Å². The summed E-state index contributed by atoms with van der Waals surface area (Å²) in [6, 6.07) is 0.612. The highest BCUT2D eigenvalue weighted by Crippen LogP contribution is 2.31. The number of hydrogen-bond acceptors (Lipinski definition) is 5. The van der Waals surface area contributed by atoms with E-state index in [9.17, 15) is 27.5 Å². The van der Waals surface area contributed by atoms with Gasteiger partial charge in [-0.3, -0.25) is 0 Å². The van der Waals surface area contributed by atoms with Crippen molar-refractivity contribution in [3.63, 3.8) is 0 Å². The minimum atomic E-state index is -5.09. The van der Waals surface area contributed by atoms with E-state index in [4.69, 9.17) is 0 Å². The number of rotatable bonds is 4. The predicted octanol–water partition coefficient (Wildman–Crippen LogP) is 2.33. The molecule has 1 N–H and O–H groups in total. The number of carbonyl (C=O) groups is 1. The quantitative estimate of drug-likeness (QED) is 0.678. The average Bonchev–Trinajstić information content (AvgIpc) is 2.29. The first-order valence-corrected chi connectivity index (χ1v) is 5.00. The van der Waals surface area contributed by atoms with Gasteiger partial charge in [-0.1, -0.05) is 0 Å². The van der Waals surface area contributed by atoms with Crippen molar-refractivity contribution in [2.75, 3.05) is 6.61 Å². The molecule has 9 heteroatoms. The fourth-order valence-electron chi connectivity index (χ4n) is 1.19. The van der Waals surface area contributed by atoms with Gasteiger partial charge in [0.2, 0.25) is 0 Å². The van der Waals surface area contributed by atoms with Gasteiger partial charge in [0.25, 0.3) is 5.88 Å². The van der Waals surface area contributed by atoms with Crippen LogP contribution in [0.3, 0.4) is 0 Å². The Morgan fingerprint density at radius 2 is 2.11 bits per heavy atom. The number of esters is 1. The van der Waals surface area contributed by atoms with Gasteiger partial charge in [-0.15, -0.1) is 13.2 Å². The van der Waals surface area contributed by atoms with E-state index >= 15 is 0 Å². The van der Waals surface area contributed by atoms with Crippen molar-refractivity contribution in [1.82, 2.24) is 4.98 Å². The van der Waals surface area contributed by atoms with E-state index in [1.807, 2.05) is 0 Å². The van der Waals surface area contributed by atoms with E-state index in [1.165, 1.54) is 6.92 Å². The molecule has 0 bridgehead atoms. The van der Waals surface area contributed by atoms with Crippen molar-refractivity contribution in [1.29, 1.82) is 0 Å². The van der Waals surface area contributed by atoms with Crippen LogP contribution in [0.15, 0.2) is 6.07 Å². The molecule has 1 heterocycles. The van der Waals surface area contributed by atoms with Crippen LogP contribution in [0.1, 0.15) is 23.0 Å². The number of carbonyl (C=O) groups excluding carboxylic acids is 1. The number of hydrogen-bond donors (Lipinski definition) is 1. The number of pyridine rings is 1. The van der Waals surface area contributed by atoms with E-state index < -0.39 is 41.9 Å². The molecule has 0 aliphatic heterocycles. The molecule has 0 unspecified atom stereocenters. The highest BCUT2D eigenvalue weighted by Gasteiger charge is 2.34. The van der Waals surface area contributed by atoms with Gasteiger partial charge in [0.1, 0.15) is 6.67 Å². The Hall–Kier alpha value is -2.06. The molecule has 0 fully saturated rings. The SMILES string of the molecule is CCOC(=O)c1cc(O)c(OC(F)(F)F)nc1CF. The van der Waals surface area contributed by atoms with Crippen molar-refractivity contribution in [3.05, 3.63) is 17.3 Å². The maximum Gasteiger partial charge on any atom is 0.574 e. The lowest BCUT2D eigenvalue weighted by Crippen LogP contribution is -2.19. The molecule has 0 spiro atoms. The molecule has 0 aliphatic rings. The highest BCUT2D eigenvalue weighted by molar-refractivity contribution is 5.91. The van der Waals surface area contributed by atoms with Gasteiger partial charge >= 0.3 is 12.3 Å². The summed E-state index contributed by atoms with van der Waals surface area (Å²) in [6.07, 6.45) is -5.09. The van der Waals surface area contributed by atoms with Crippen LogP contribution >= 0.6 is 0 Å². The summed E-state index contributed by atoms with van der Waals surface area (Å²) in [5.41, 5.74) is -1.08. The van der Waals surface area contributed by atoms with Crippen LogP contribution in [0.4, 0.5) is 17.6 Å². The minimum Gasteiger partial charge on any atom is -0.503 e. The van der Waals surface area contributed by atoms with Crippen LogP contribution in [-0.4, -0.2) is 29.0 Å². The second-order valence-corrected chi connectivity index (χ2v) is 3.21. The molecule has 0 atom stereocenters. The Bertz CT molecular complexity index is 475. The largest absolute Gasteiger partial charge is 0.574 e. The Labute approximate surface area is 104 Å². The normalized spacial score (nSPS) is 11.2. The van der Waals surface area contributed by atoms with E-state index in [2.05, 4.69) is 14.5 Å². The zero-order valence-corrected chi connectivity index (χ0v) is 9.62. The second-order valence-electron chi connectivity index (χ2n) is 3.21. The monoisotopic (exact) mass is 283 g/mol. The first-order valence-electron chi connectivity index (χ1n) is 5.00. The Morgan fingerprint density at radius 1 is 1.47 bits per heavy atom. The molecular weight excluding hydrogens is 274 g/mol. The Kier molecular flexibility index (Phi) is 4.52. The molecule has 1 aromatic rings. The lowest BCUT2D eigenvalue weighted by Gasteiger charge is -2.12. The molecule has 0 aliphatic carbocycles. The third kappa shape index (κ3) is 3.97. The maximum atomic E-state index is 12.6. The number of nitrogens with zero attached hydrogens (tertiary/aromatic N) is 1. The number of alkyl halides is 4. The van der Waals surface area contributed by atoms with Crippen molar-refractivity contribution in [2.45, 2.75) is 20.0 Å². The zero-order chi connectivity index (χ0) is 14.6. The molecule has 19 heavy (non-hydrogen) atoms. The number of ether oxygens (including phenoxy) is 2. The van der Waals surface area contributed by atoms with Crippen LogP contribution in [0.5, 0.6) is 11.6 Å². The van der Waals surface area contributed by atoms with Crippen molar-refractivity contribution in [3.8, 4) is 11.6 Å². The Balaban J connectivity index is 3.17. The van der Waals surface area contributed by atoms with Crippen molar-refractivity contribution < 1.29 is 36.9 Å². The second kappa shape index (κ2) is 5.72. The number of aromatic hydroxyl groups is 1. The van der Waals surface area contributed by atoms with Crippen LogP contribution in [0.25, 0.3) is 0 Å². The summed E-state index contributed by atoms with van der Waals surface area (Å²) in [7, 11) is 0. The van der Waals surface area contributed by atoms with Crippen molar-refractivity contribution >= 4 is 5.97 Å². The molecule has 0 saturated carbocycles. The summed E-state index contributed by atoms with van der Waals surface area (Å²) < 4.78 is 56.5. The summed E-state index contributed by atoms with van der Waals surface area (Å²) in [4.78, 5) is 14.5.